The second-order valence-electron chi connectivity index (χ2n) is 7.28. The van der Waals surface area contributed by atoms with Crippen LogP contribution in [0.1, 0.15) is 23.6 Å². The van der Waals surface area contributed by atoms with Gasteiger partial charge >= 0.3 is 6.03 Å². The van der Waals surface area contributed by atoms with Crippen LogP contribution in [0.15, 0.2) is 48.5 Å². The van der Waals surface area contributed by atoms with Crippen LogP contribution in [0.2, 0.25) is 0 Å². The standard InChI is InChI=1S/C21H21N3O3S/c1-2-15-7-9-18(10-8-15)24-20-14-28(26,27)13-19(20)23(21(24)25)12-17-6-4-3-5-16(17)11-22/h3-10,19-20H,2,12-14H2,1H3. The van der Waals surface area contributed by atoms with Crippen molar-refractivity contribution < 1.29 is 13.2 Å². The Morgan fingerprint density at radius 2 is 1.75 bits per heavy atom. The number of benzene rings is 2. The third-order valence-electron chi connectivity index (χ3n) is 5.58. The first-order chi connectivity index (χ1) is 13.4. The fourth-order valence-electron chi connectivity index (χ4n) is 4.11. The van der Waals surface area contributed by atoms with Gasteiger partial charge in [0, 0.05) is 12.2 Å². The quantitative estimate of drug-likeness (QED) is 0.746. The molecule has 2 unspecified atom stereocenters. The Labute approximate surface area is 164 Å². The molecule has 2 amide bonds. The number of nitriles is 1. The van der Waals surface area contributed by atoms with E-state index in [0.717, 1.165) is 17.5 Å². The van der Waals surface area contributed by atoms with Gasteiger partial charge in [-0.2, -0.15) is 5.26 Å². The highest BCUT2D eigenvalue weighted by Crippen LogP contribution is 2.36. The first-order valence-corrected chi connectivity index (χ1v) is 11.1. The monoisotopic (exact) mass is 395 g/mol. The first-order valence-electron chi connectivity index (χ1n) is 9.30. The van der Waals surface area contributed by atoms with Gasteiger partial charge in [-0.3, -0.25) is 4.90 Å². The molecule has 2 atom stereocenters. The van der Waals surface area contributed by atoms with Gasteiger partial charge in [-0.1, -0.05) is 37.3 Å². The summed E-state index contributed by atoms with van der Waals surface area (Å²) in [6.45, 7) is 2.28. The van der Waals surface area contributed by atoms with E-state index in [4.69, 9.17) is 0 Å². The maximum atomic E-state index is 13.3. The van der Waals surface area contributed by atoms with Gasteiger partial charge in [0.2, 0.25) is 0 Å². The van der Waals surface area contributed by atoms with Gasteiger partial charge in [-0.15, -0.1) is 0 Å². The average molecular weight is 395 g/mol. The lowest BCUT2D eigenvalue weighted by Crippen LogP contribution is -2.37. The lowest BCUT2D eigenvalue weighted by molar-refractivity contribution is 0.206. The maximum absolute atomic E-state index is 13.3. The van der Waals surface area contributed by atoms with Gasteiger partial charge in [-0.25, -0.2) is 13.2 Å². The number of carbonyl (C=O) groups excluding carboxylic acids is 1. The summed E-state index contributed by atoms with van der Waals surface area (Å²) < 4.78 is 24.7. The molecule has 0 bridgehead atoms. The van der Waals surface area contributed by atoms with Crippen LogP contribution < -0.4 is 4.90 Å². The van der Waals surface area contributed by atoms with E-state index in [1.165, 1.54) is 0 Å². The van der Waals surface area contributed by atoms with E-state index in [-0.39, 0.29) is 24.1 Å². The third-order valence-corrected chi connectivity index (χ3v) is 7.28. The third kappa shape index (κ3) is 3.14. The number of urea groups is 1. The molecule has 0 N–H and O–H groups in total. The lowest BCUT2D eigenvalue weighted by Gasteiger charge is -2.23. The van der Waals surface area contributed by atoms with E-state index in [1.54, 1.807) is 21.9 Å². The van der Waals surface area contributed by atoms with E-state index >= 15 is 0 Å². The second kappa shape index (κ2) is 6.95. The smallest absolute Gasteiger partial charge is 0.314 e. The zero-order valence-electron chi connectivity index (χ0n) is 15.6. The van der Waals surface area contributed by atoms with Crippen molar-refractivity contribution in [3.8, 4) is 6.07 Å². The number of hydrogen-bond acceptors (Lipinski definition) is 4. The van der Waals surface area contributed by atoms with Crippen molar-refractivity contribution in [1.82, 2.24) is 4.90 Å². The molecule has 7 heteroatoms. The van der Waals surface area contributed by atoms with Crippen molar-refractivity contribution in [2.24, 2.45) is 0 Å². The summed E-state index contributed by atoms with van der Waals surface area (Å²) in [7, 11) is -3.22. The van der Waals surface area contributed by atoms with Crippen LogP contribution in [0.25, 0.3) is 0 Å². The fraction of sp³-hybridized carbons (Fsp3) is 0.333. The molecule has 4 rings (SSSR count). The molecule has 2 aliphatic rings. The van der Waals surface area contributed by atoms with Crippen LogP contribution in [0, 0.1) is 11.3 Å². The molecule has 2 aromatic carbocycles. The van der Waals surface area contributed by atoms with Gasteiger partial charge < -0.3 is 4.90 Å². The van der Waals surface area contributed by atoms with E-state index in [9.17, 15) is 18.5 Å². The number of nitrogens with zero attached hydrogens (tertiary/aromatic N) is 3. The molecule has 0 aromatic heterocycles. The van der Waals surface area contributed by atoms with Gasteiger partial charge in [0.05, 0.1) is 35.2 Å². The topological polar surface area (TPSA) is 81.5 Å². The van der Waals surface area contributed by atoms with Gasteiger partial charge in [0.15, 0.2) is 9.84 Å². The molecule has 2 saturated heterocycles. The Bertz CT molecular complexity index is 1060. The Balaban J connectivity index is 1.71. The van der Waals surface area contributed by atoms with Crippen molar-refractivity contribution in [1.29, 1.82) is 5.26 Å². The van der Waals surface area contributed by atoms with E-state index < -0.39 is 21.9 Å². The Hall–Kier alpha value is -2.85. The number of hydrogen-bond donors (Lipinski definition) is 0. The summed E-state index contributed by atoms with van der Waals surface area (Å²) in [5.41, 5.74) is 3.10. The molecule has 0 radical (unpaired) electrons. The molecule has 0 saturated carbocycles. The van der Waals surface area contributed by atoms with Crippen LogP contribution in [-0.2, 0) is 22.8 Å². The minimum absolute atomic E-state index is 0.0324. The summed E-state index contributed by atoms with van der Waals surface area (Å²) in [4.78, 5) is 16.5. The molecular formula is C21H21N3O3S. The van der Waals surface area contributed by atoms with E-state index in [0.29, 0.717) is 11.3 Å². The SMILES string of the molecule is CCc1ccc(N2C(=O)N(Cc3ccccc3C#N)C3CS(=O)(=O)CC32)cc1. The molecule has 6 nitrogen and oxygen atoms in total. The largest absolute Gasteiger partial charge is 0.325 e. The van der Waals surface area contributed by atoms with Crippen molar-refractivity contribution in [3.63, 3.8) is 0 Å². The van der Waals surface area contributed by atoms with Crippen molar-refractivity contribution in [2.75, 3.05) is 16.4 Å². The fourth-order valence-corrected chi connectivity index (χ4v) is 6.06. The molecule has 2 heterocycles. The number of amides is 2. The Morgan fingerprint density at radius 1 is 1.07 bits per heavy atom. The predicted molar refractivity (Wildman–Crippen MR) is 107 cm³/mol. The maximum Gasteiger partial charge on any atom is 0.325 e. The highest BCUT2D eigenvalue weighted by Gasteiger charge is 2.53. The summed E-state index contributed by atoms with van der Waals surface area (Å²) in [5.74, 6) is -0.0724. The first kappa shape index (κ1) is 18.5. The molecular weight excluding hydrogens is 374 g/mol. The van der Waals surface area contributed by atoms with Crippen molar-refractivity contribution in [3.05, 3.63) is 65.2 Å². The summed E-state index contributed by atoms with van der Waals surface area (Å²) in [5, 5.41) is 9.35. The second-order valence-corrected chi connectivity index (χ2v) is 9.43. The summed E-state index contributed by atoms with van der Waals surface area (Å²) in [6, 6.07) is 15.9. The molecule has 2 fully saturated rings. The van der Waals surface area contributed by atoms with Gasteiger partial charge in [0.25, 0.3) is 0 Å². The molecule has 28 heavy (non-hydrogen) atoms. The Kier molecular flexibility index (Phi) is 4.60. The van der Waals surface area contributed by atoms with Crippen LogP contribution in [0.4, 0.5) is 10.5 Å². The van der Waals surface area contributed by atoms with Gasteiger partial charge in [-0.05, 0) is 35.7 Å². The van der Waals surface area contributed by atoms with Crippen LogP contribution in [0.3, 0.4) is 0 Å². The average Bonchev–Trinajstić information content (AvgIpc) is 3.12. The number of carbonyl (C=O) groups is 1. The molecule has 2 aromatic rings. The molecule has 0 spiro atoms. The number of rotatable bonds is 4. The van der Waals surface area contributed by atoms with Gasteiger partial charge in [0.1, 0.15) is 0 Å². The summed E-state index contributed by atoms with van der Waals surface area (Å²) in [6.07, 6.45) is 0.895. The van der Waals surface area contributed by atoms with Crippen LogP contribution in [0.5, 0.6) is 0 Å². The van der Waals surface area contributed by atoms with E-state index in [2.05, 4.69) is 13.0 Å². The lowest BCUT2D eigenvalue weighted by atomic mass is 10.1. The number of aryl methyl sites for hydroxylation is 1. The molecule has 2 aliphatic heterocycles. The van der Waals surface area contributed by atoms with Crippen molar-refractivity contribution >= 4 is 21.6 Å². The normalized spacial score (nSPS) is 22.9. The summed E-state index contributed by atoms with van der Waals surface area (Å²) >= 11 is 0. The predicted octanol–water partition coefficient (Wildman–Crippen LogP) is 2.73. The Morgan fingerprint density at radius 3 is 2.43 bits per heavy atom. The number of anilines is 1. The minimum Gasteiger partial charge on any atom is -0.314 e. The van der Waals surface area contributed by atoms with Crippen LogP contribution >= 0.6 is 0 Å². The van der Waals surface area contributed by atoms with Crippen LogP contribution in [-0.4, -0.2) is 42.9 Å². The van der Waals surface area contributed by atoms with Crippen molar-refractivity contribution in [2.45, 2.75) is 32.0 Å². The number of fused-ring (bicyclic) bond motifs is 1. The zero-order valence-corrected chi connectivity index (χ0v) is 16.4. The highest BCUT2D eigenvalue weighted by atomic mass is 32.2. The zero-order chi connectivity index (χ0) is 19.9. The minimum atomic E-state index is -3.22. The van der Waals surface area contributed by atoms with E-state index in [1.807, 2.05) is 36.4 Å². The molecule has 0 aliphatic carbocycles. The highest BCUT2D eigenvalue weighted by molar-refractivity contribution is 7.91. The number of sulfone groups is 1. The molecule has 144 valence electrons.